The van der Waals surface area contributed by atoms with Crippen LogP contribution in [-0.2, 0) is 10.0 Å². The molecule has 0 aliphatic carbocycles. The summed E-state index contributed by atoms with van der Waals surface area (Å²) in [5.74, 6) is -0.306. The van der Waals surface area contributed by atoms with E-state index in [1.54, 1.807) is 26.0 Å². The van der Waals surface area contributed by atoms with Crippen LogP contribution in [0.1, 0.15) is 35.8 Å². The maximum atomic E-state index is 12.6. The standard InChI is InChI=1S/C20H27N3O3S/c1-15(2)22-27(25,26)18-12-8-11-17(13-18)20(24)21-14-19(23(3)4)16-9-6-5-7-10-16/h5-13,15,19,22H,14H2,1-4H3,(H,21,24). The normalized spacial score (nSPS) is 13.0. The van der Waals surface area contributed by atoms with E-state index in [2.05, 4.69) is 10.0 Å². The van der Waals surface area contributed by atoms with Crippen LogP contribution in [0.5, 0.6) is 0 Å². The lowest BCUT2D eigenvalue weighted by molar-refractivity contribution is 0.0941. The first-order valence-electron chi connectivity index (χ1n) is 8.82. The van der Waals surface area contributed by atoms with Crippen LogP contribution in [0.4, 0.5) is 0 Å². The average molecular weight is 390 g/mol. The van der Waals surface area contributed by atoms with Gasteiger partial charge in [0.15, 0.2) is 0 Å². The van der Waals surface area contributed by atoms with Crippen molar-refractivity contribution in [1.82, 2.24) is 14.9 Å². The molecule has 2 aromatic rings. The van der Waals surface area contributed by atoms with Crippen molar-refractivity contribution in [3.05, 3.63) is 65.7 Å². The lowest BCUT2D eigenvalue weighted by atomic mass is 10.1. The fraction of sp³-hybridized carbons (Fsp3) is 0.350. The van der Waals surface area contributed by atoms with Crippen molar-refractivity contribution in [3.63, 3.8) is 0 Å². The Labute approximate surface area is 161 Å². The van der Waals surface area contributed by atoms with Gasteiger partial charge in [-0.1, -0.05) is 36.4 Å². The van der Waals surface area contributed by atoms with E-state index in [9.17, 15) is 13.2 Å². The van der Waals surface area contributed by atoms with Crippen LogP contribution < -0.4 is 10.0 Å². The molecule has 0 radical (unpaired) electrons. The van der Waals surface area contributed by atoms with Gasteiger partial charge in [0.05, 0.1) is 10.9 Å². The third-order valence-corrected chi connectivity index (χ3v) is 5.72. The van der Waals surface area contributed by atoms with E-state index in [0.29, 0.717) is 12.1 Å². The van der Waals surface area contributed by atoms with Gasteiger partial charge < -0.3 is 10.2 Å². The molecule has 7 heteroatoms. The maximum Gasteiger partial charge on any atom is 0.251 e. The highest BCUT2D eigenvalue weighted by atomic mass is 32.2. The molecule has 0 aliphatic heterocycles. The molecule has 0 heterocycles. The molecule has 1 unspecified atom stereocenters. The van der Waals surface area contributed by atoms with Crippen LogP contribution in [0.25, 0.3) is 0 Å². The van der Waals surface area contributed by atoms with Crippen molar-refractivity contribution in [2.45, 2.75) is 30.8 Å². The first-order valence-corrected chi connectivity index (χ1v) is 10.3. The van der Waals surface area contributed by atoms with Gasteiger partial charge in [-0.25, -0.2) is 13.1 Å². The quantitative estimate of drug-likeness (QED) is 0.727. The number of benzene rings is 2. The minimum Gasteiger partial charge on any atom is -0.350 e. The van der Waals surface area contributed by atoms with Gasteiger partial charge in [0.2, 0.25) is 10.0 Å². The highest BCUT2D eigenvalue weighted by Gasteiger charge is 2.19. The maximum absolute atomic E-state index is 12.6. The van der Waals surface area contributed by atoms with Gasteiger partial charge in [-0.2, -0.15) is 0 Å². The van der Waals surface area contributed by atoms with Crippen molar-refractivity contribution in [3.8, 4) is 0 Å². The number of likely N-dealkylation sites (N-methyl/N-ethyl adjacent to an activating group) is 1. The van der Waals surface area contributed by atoms with E-state index >= 15 is 0 Å². The second-order valence-electron chi connectivity index (χ2n) is 6.90. The number of hydrogen-bond donors (Lipinski definition) is 2. The monoisotopic (exact) mass is 389 g/mol. The summed E-state index contributed by atoms with van der Waals surface area (Å²) >= 11 is 0. The van der Waals surface area contributed by atoms with Gasteiger partial charge in [0, 0.05) is 18.2 Å². The lowest BCUT2D eigenvalue weighted by Gasteiger charge is -2.25. The Bertz CT molecular complexity index is 865. The molecule has 0 bridgehead atoms. The van der Waals surface area contributed by atoms with E-state index in [0.717, 1.165) is 5.56 Å². The fourth-order valence-electron chi connectivity index (χ4n) is 2.75. The van der Waals surface area contributed by atoms with Gasteiger partial charge in [0.25, 0.3) is 5.91 Å². The largest absolute Gasteiger partial charge is 0.350 e. The van der Waals surface area contributed by atoms with Crippen molar-refractivity contribution < 1.29 is 13.2 Å². The molecule has 1 amide bonds. The number of hydrogen-bond acceptors (Lipinski definition) is 4. The van der Waals surface area contributed by atoms with E-state index in [1.807, 2.05) is 49.3 Å². The number of nitrogens with zero attached hydrogens (tertiary/aromatic N) is 1. The Hall–Kier alpha value is -2.22. The summed E-state index contributed by atoms with van der Waals surface area (Å²) in [5.41, 5.74) is 1.41. The first-order chi connectivity index (χ1) is 12.7. The van der Waals surface area contributed by atoms with Crippen molar-refractivity contribution in [2.24, 2.45) is 0 Å². The Morgan fingerprint density at radius 1 is 1.04 bits per heavy atom. The lowest BCUT2D eigenvalue weighted by Crippen LogP contribution is -2.34. The van der Waals surface area contributed by atoms with Crippen LogP contribution in [0, 0.1) is 0 Å². The van der Waals surface area contributed by atoms with Crippen LogP contribution >= 0.6 is 0 Å². The van der Waals surface area contributed by atoms with Crippen LogP contribution in [0.2, 0.25) is 0 Å². The summed E-state index contributed by atoms with van der Waals surface area (Å²) in [6.45, 7) is 3.91. The SMILES string of the molecule is CC(C)NS(=O)(=O)c1cccc(C(=O)NCC(c2ccccc2)N(C)C)c1. The number of carbonyl (C=O) groups excluding carboxylic acids is 1. The number of rotatable bonds is 8. The summed E-state index contributed by atoms with van der Waals surface area (Å²) in [4.78, 5) is 14.7. The topological polar surface area (TPSA) is 78.5 Å². The summed E-state index contributed by atoms with van der Waals surface area (Å²) in [6.07, 6.45) is 0. The minimum absolute atomic E-state index is 0.0182. The van der Waals surface area contributed by atoms with Crippen molar-refractivity contribution in [2.75, 3.05) is 20.6 Å². The molecular formula is C20H27N3O3S. The van der Waals surface area contributed by atoms with Gasteiger partial charge in [-0.05, 0) is 51.7 Å². The number of nitrogens with one attached hydrogen (secondary N) is 2. The summed E-state index contributed by atoms with van der Waals surface area (Å²) < 4.78 is 27.1. The zero-order valence-corrected chi connectivity index (χ0v) is 17.0. The molecule has 0 fully saturated rings. The third kappa shape index (κ3) is 5.89. The molecule has 146 valence electrons. The van der Waals surface area contributed by atoms with Crippen molar-refractivity contribution >= 4 is 15.9 Å². The smallest absolute Gasteiger partial charge is 0.251 e. The molecule has 0 saturated heterocycles. The second kappa shape index (κ2) is 9.12. The van der Waals surface area contributed by atoms with Gasteiger partial charge in [0.1, 0.15) is 0 Å². The predicted octanol–water partition coefficient (Wildman–Crippen LogP) is 2.41. The van der Waals surface area contributed by atoms with Crippen LogP contribution in [0.15, 0.2) is 59.5 Å². The van der Waals surface area contributed by atoms with Gasteiger partial charge in [-0.3, -0.25) is 4.79 Å². The fourth-order valence-corrected chi connectivity index (χ4v) is 4.04. The Morgan fingerprint density at radius 2 is 1.70 bits per heavy atom. The summed E-state index contributed by atoms with van der Waals surface area (Å²) in [6, 6.07) is 15.8. The van der Waals surface area contributed by atoms with Crippen LogP contribution in [-0.4, -0.2) is 45.9 Å². The average Bonchev–Trinajstić information content (AvgIpc) is 2.61. The van der Waals surface area contributed by atoms with Crippen LogP contribution in [0.3, 0.4) is 0 Å². The molecule has 6 nitrogen and oxygen atoms in total. The third-order valence-electron chi connectivity index (χ3n) is 4.06. The Morgan fingerprint density at radius 3 is 2.30 bits per heavy atom. The zero-order chi connectivity index (χ0) is 20.0. The highest BCUT2D eigenvalue weighted by molar-refractivity contribution is 7.89. The molecule has 1 atom stereocenters. The Balaban J connectivity index is 2.13. The Kier molecular flexibility index (Phi) is 7.12. The molecule has 2 aromatic carbocycles. The molecule has 2 N–H and O–H groups in total. The molecule has 27 heavy (non-hydrogen) atoms. The van der Waals surface area contributed by atoms with Crippen molar-refractivity contribution in [1.29, 1.82) is 0 Å². The van der Waals surface area contributed by atoms with Gasteiger partial charge >= 0.3 is 0 Å². The number of carbonyl (C=O) groups is 1. The number of amides is 1. The molecule has 2 rings (SSSR count). The molecule has 0 spiro atoms. The molecule has 0 aromatic heterocycles. The summed E-state index contributed by atoms with van der Waals surface area (Å²) in [7, 11) is 0.264. The van der Waals surface area contributed by atoms with E-state index < -0.39 is 10.0 Å². The summed E-state index contributed by atoms with van der Waals surface area (Å²) in [5, 5.41) is 2.90. The predicted molar refractivity (Wildman–Crippen MR) is 107 cm³/mol. The molecular weight excluding hydrogens is 362 g/mol. The molecule has 0 saturated carbocycles. The minimum atomic E-state index is -3.64. The van der Waals surface area contributed by atoms with E-state index in [1.165, 1.54) is 12.1 Å². The number of sulfonamides is 1. The second-order valence-corrected chi connectivity index (χ2v) is 8.62. The highest BCUT2D eigenvalue weighted by Crippen LogP contribution is 2.17. The first kappa shape index (κ1) is 21.1. The zero-order valence-electron chi connectivity index (χ0n) is 16.1. The van der Waals surface area contributed by atoms with Gasteiger partial charge in [-0.15, -0.1) is 0 Å². The van der Waals surface area contributed by atoms with E-state index in [4.69, 9.17) is 0 Å². The molecule has 0 aliphatic rings. The van der Waals surface area contributed by atoms with E-state index in [-0.39, 0.29) is 22.9 Å².